The van der Waals surface area contributed by atoms with E-state index in [1.807, 2.05) is 0 Å². The average molecular weight is 292 g/mol. The second-order valence-corrected chi connectivity index (χ2v) is 5.10. The molecule has 0 bridgehead atoms. The van der Waals surface area contributed by atoms with Gasteiger partial charge in [0.1, 0.15) is 0 Å². The lowest BCUT2D eigenvalue weighted by Gasteiger charge is -2.12. The Balaban J connectivity index is 2.42. The zero-order chi connectivity index (χ0) is 12.6. The second-order valence-electron chi connectivity index (χ2n) is 4.03. The van der Waals surface area contributed by atoms with Gasteiger partial charge in [-0.2, -0.15) is 0 Å². The number of allylic oxidation sites excluding steroid dienone is 1. The summed E-state index contributed by atoms with van der Waals surface area (Å²) in [5, 5.41) is 10.1. The second kappa shape index (κ2) is 4.52. The van der Waals surface area contributed by atoms with Crippen LogP contribution in [0.25, 0.3) is 0 Å². The number of rotatable bonds is 3. The largest absolute Gasteiger partial charge is 0.481 e. The summed E-state index contributed by atoms with van der Waals surface area (Å²) < 4.78 is 0. The molecule has 1 fully saturated rings. The van der Waals surface area contributed by atoms with Crippen LogP contribution in [0.15, 0.2) is 29.8 Å². The third-order valence-electron chi connectivity index (χ3n) is 3.14. The third-order valence-corrected chi connectivity index (χ3v) is 4.02. The molecule has 0 unspecified atom stereocenters. The van der Waals surface area contributed by atoms with Crippen LogP contribution in [0.2, 0.25) is 10.0 Å². The Morgan fingerprint density at radius 2 is 2.12 bits per heavy atom. The summed E-state index contributed by atoms with van der Waals surface area (Å²) in [6, 6.07) is 4.92. The summed E-state index contributed by atoms with van der Waals surface area (Å²) >= 11 is 17.2. The van der Waals surface area contributed by atoms with E-state index < -0.39 is 11.4 Å². The smallest absolute Gasteiger partial charge is 0.314 e. The third kappa shape index (κ3) is 2.05. The number of carboxylic acids is 1. The van der Waals surface area contributed by atoms with Crippen LogP contribution in [0, 0.1) is 5.92 Å². The molecule has 1 aromatic carbocycles. The summed E-state index contributed by atoms with van der Waals surface area (Å²) in [6.07, 6.45) is 2.22. The lowest BCUT2D eigenvalue weighted by molar-refractivity contribution is -0.140. The molecule has 0 aromatic heterocycles. The maximum atomic E-state index is 11.4. The molecule has 2 atom stereocenters. The molecular weight excluding hydrogens is 282 g/mol. The van der Waals surface area contributed by atoms with E-state index in [-0.39, 0.29) is 5.92 Å². The van der Waals surface area contributed by atoms with Gasteiger partial charge in [0.05, 0.1) is 15.5 Å². The van der Waals surface area contributed by atoms with Crippen molar-refractivity contribution in [1.29, 1.82) is 0 Å². The lowest BCUT2D eigenvalue weighted by Crippen LogP contribution is -2.22. The Morgan fingerprint density at radius 1 is 1.41 bits per heavy atom. The highest BCUT2D eigenvalue weighted by Crippen LogP contribution is 2.56. The molecule has 90 valence electrons. The van der Waals surface area contributed by atoms with Gasteiger partial charge in [-0.05, 0) is 30.0 Å². The lowest BCUT2D eigenvalue weighted by atomic mass is 9.93. The van der Waals surface area contributed by atoms with Gasteiger partial charge in [-0.25, -0.2) is 0 Å². The summed E-state index contributed by atoms with van der Waals surface area (Å²) in [5.41, 5.74) is 1.12. The standard InChI is InChI=1S/C12H9Cl3O2/c13-4-3-8-6-12(8,11(16)17)7-1-2-9(14)10(15)5-7/h1-5,8H,6H2,(H,16,17)/b4-3+/t8-,12-/m1/s1. The Kier molecular flexibility index (Phi) is 3.39. The van der Waals surface area contributed by atoms with Crippen LogP contribution >= 0.6 is 34.8 Å². The first-order valence-electron chi connectivity index (χ1n) is 4.98. The van der Waals surface area contributed by atoms with E-state index in [0.717, 1.165) is 0 Å². The number of hydrogen-bond donors (Lipinski definition) is 1. The normalized spacial score (nSPS) is 27.4. The molecule has 0 amide bonds. The number of halogens is 3. The molecule has 1 N–H and O–H groups in total. The van der Waals surface area contributed by atoms with Gasteiger partial charge >= 0.3 is 5.97 Å². The zero-order valence-corrected chi connectivity index (χ0v) is 10.9. The maximum absolute atomic E-state index is 11.4. The fourth-order valence-corrected chi connectivity index (χ4v) is 2.56. The van der Waals surface area contributed by atoms with Gasteiger partial charge in [-0.1, -0.05) is 46.9 Å². The van der Waals surface area contributed by atoms with E-state index in [4.69, 9.17) is 34.8 Å². The topological polar surface area (TPSA) is 37.3 Å². The summed E-state index contributed by atoms with van der Waals surface area (Å²) in [6.45, 7) is 0. The minimum absolute atomic E-state index is 0.0882. The average Bonchev–Trinajstić information content (AvgIpc) is 2.98. The van der Waals surface area contributed by atoms with Crippen molar-refractivity contribution in [3.8, 4) is 0 Å². The minimum Gasteiger partial charge on any atom is -0.481 e. The molecular formula is C12H9Cl3O2. The van der Waals surface area contributed by atoms with Crippen LogP contribution in [0.5, 0.6) is 0 Å². The number of benzene rings is 1. The molecule has 1 aliphatic carbocycles. The van der Waals surface area contributed by atoms with Crippen LogP contribution in [0.4, 0.5) is 0 Å². The van der Waals surface area contributed by atoms with Gasteiger partial charge in [0.15, 0.2) is 0 Å². The molecule has 1 aromatic rings. The molecule has 0 spiro atoms. The summed E-state index contributed by atoms with van der Waals surface area (Å²) in [7, 11) is 0. The van der Waals surface area contributed by atoms with Gasteiger partial charge in [0, 0.05) is 5.54 Å². The SMILES string of the molecule is O=C(O)[C@@]1(c2ccc(Cl)c(Cl)c2)C[C@H]1/C=C/Cl. The molecule has 2 nitrogen and oxygen atoms in total. The van der Waals surface area contributed by atoms with Crippen LogP contribution in [-0.4, -0.2) is 11.1 Å². The molecule has 0 radical (unpaired) electrons. The van der Waals surface area contributed by atoms with E-state index >= 15 is 0 Å². The Labute approximate surface area is 114 Å². The molecule has 5 heteroatoms. The first-order valence-corrected chi connectivity index (χ1v) is 6.17. The van der Waals surface area contributed by atoms with Gasteiger partial charge in [-0.3, -0.25) is 4.79 Å². The fraction of sp³-hybridized carbons (Fsp3) is 0.250. The highest BCUT2D eigenvalue weighted by molar-refractivity contribution is 6.42. The van der Waals surface area contributed by atoms with Crippen molar-refractivity contribution < 1.29 is 9.90 Å². The summed E-state index contributed by atoms with van der Waals surface area (Å²) in [4.78, 5) is 11.4. The van der Waals surface area contributed by atoms with Crippen molar-refractivity contribution in [3.63, 3.8) is 0 Å². The Bertz CT molecular complexity index is 499. The van der Waals surface area contributed by atoms with Crippen molar-refractivity contribution in [2.75, 3.05) is 0 Å². The van der Waals surface area contributed by atoms with Crippen molar-refractivity contribution in [2.45, 2.75) is 11.8 Å². The van der Waals surface area contributed by atoms with E-state index in [1.165, 1.54) is 5.54 Å². The van der Waals surface area contributed by atoms with E-state index in [2.05, 4.69) is 0 Å². The Morgan fingerprint density at radius 3 is 2.65 bits per heavy atom. The van der Waals surface area contributed by atoms with Crippen LogP contribution in [0.1, 0.15) is 12.0 Å². The molecule has 17 heavy (non-hydrogen) atoms. The van der Waals surface area contributed by atoms with E-state index in [9.17, 15) is 9.90 Å². The van der Waals surface area contributed by atoms with Crippen molar-refractivity contribution in [3.05, 3.63) is 45.4 Å². The van der Waals surface area contributed by atoms with E-state index in [0.29, 0.717) is 22.0 Å². The van der Waals surface area contributed by atoms with E-state index in [1.54, 1.807) is 24.3 Å². The van der Waals surface area contributed by atoms with Gasteiger partial charge in [0.2, 0.25) is 0 Å². The zero-order valence-electron chi connectivity index (χ0n) is 8.66. The van der Waals surface area contributed by atoms with Crippen LogP contribution in [0.3, 0.4) is 0 Å². The monoisotopic (exact) mass is 290 g/mol. The number of hydrogen-bond acceptors (Lipinski definition) is 1. The molecule has 0 aliphatic heterocycles. The first-order chi connectivity index (χ1) is 8.02. The minimum atomic E-state index is -0.903. The molecule has 2 rings (SSSR count). The first kappa shape index (κ1) is 12.7. The predicted molar refractivity (Wildman–Crippen MR) is 68.9 cm³/mol. The number of carbonyl (C=O) groups is 1. The molecule has 0 heterocycles. The Hall–Kier alpha value is -0.700. The predicted octanol–water partition coefficient (Wildman–Crippen LogP) is 4.09. The summed E-state index contributed by atoms with van der Waals surface area (Å²) in [5.74, 6) is -0.953. The van der Waals surface area contributed by atoms with Gasteiger partial charge < -0.3 is 5.11 Å². The number of carboxylic acid groups (broad SMARTS) is 1. The number of aliphatic carboxylic acids is 1. The molecule has 1 aliphatic rings. The highest BCUT2D eigenvalue weighted by Gasteiger charge is 2.60. The highest BCUT2D eigenvalue weighted by atomic mass is 35.5. The maximum Gasteiger partial charge on any atom is 0.314 e. The quantitative estimate of drug-likeness (QED) is 0.911. The van der Waals surface area contributed by atoms with Crippen molar-refractivity contribution in [2.24, 2.45) is 5.92 Å². The van der Waals surface area contributed by atoms with Gasteiger partial charge in [0.25, 0.3) is 0 Å². The van der Waals surface area contributed by atoms with Gasteiger partial charge in [-0.15, -0.1) is 0 Å². The molecule has 1 saturated carbocycles. The van der Waals surface area contributed by atoms with Crippen molar-refractivity contribution >= 4 is 40.8 Å². The fourth-order valence-electron chi connectivity index (χ4n) is 2.08. The van der Waals surface area contributed by atoms with Crippen molar-refractivity contribution in [1.82, 2.24) is 0 Å². The van der Waals surface area contributed by atoms with Crippen LogP contribution in [-0.2, 0) is 10.2 Å². The molecule has 0 saturated heterocycles. The van der Waals surface area contributed by atoms with Crippen LogP contribution < -0.4 is 0 Å².